The highest BCUT2D eigenvalue weighted by Gasteiger charge is 2.38. The first-order valence-electron chi connectivity index (χ1n) is 9.34. The van der Waals surface area contributed by atoms with E-state index in [1.54, 1.807) is 0 Å². The molecule has 2 aliphatic carbocycles. The number of rotatable bonds is 3. The Balaban J connectivity index is 1.50. The molecular formula is C18H30N2O2. The number of amides is 2. The molecule has 0 spiro atoms. The summed E-state index contributed by atoms with van der Waals surface area (Å²) in [6, 6.07) is 0.745. The summed E-state index contributed by atoms with van der Waals surface area (Å²) < 4.78 is 0. The van der Waals surface area contributed by atoms with E-state index < -0.39 is 0 Å². The van der Waals surface area contributed by atoms with E-state index in [2.05, 4.69) is 5.32 Å². The topological polar surface area (TPSA) is 49.4 Å². The minimum absolute atomic E-state index is 0.112. The van der Waals surface area contributed by atoms with Gasteiger partial charge in [-0.15, -0.1) is 0 Å². The zero-order valence-electron chi connectivity index (χ0n) is 13.7. The zero-order chi connectivity index (χ0) is 15.4. The van der Waals surface area contributed by atoms with Crippen molar-refractivity contribution in [2.45, 2.75) is 89.1 Å². The molecule has 1 N–H and O–H groups in total. The molecule has 3 fully saturated rings. The van der Waals surface area contributed by atoms with E-state index in [-0.39, 0.29) is 17.7 Å². The summed E-state index contributed by atoms with van der Waals surface area (Å²) >= 11 is 0. The van der Waals surface area contributed by atoms with Crippen LogP contribution in [0.2, 0.25) is 0 Å². The van der Waals surface area contributed by atoms with Gasteiger partial charge < -0.3 is 10.2 Å². The normalized spacial score (nSPS) is 28.6. The molecule has 0 bridgehead atoms. The Morgan fingerprint density at radius 2 is 1.50 bits per heavy atom. The van der Waals surface area contributed by atoms with Gasteiger partial charge in [0.05, 0.1) is 5.92 Å². The van der Waals surface area contributed by atoms with Gasteiger partial charge in [-0.2, -0.15) is 0 Å². The number of carbonyl (C=O) groups is 2. The summed E-state index contributed by atoms with van der Waals surface area (Å²) in [5, 5.41) is 3.24. The van der Waals surface area contributed by atoms with Crippen molar-refractivity contribution >= 4 is 11.8 Å². The Kier molecular flexibility index (Phi) is 5.37. The van der Waals surface area contributed by atoms with E-state index in [9.17, 15) is 9.59 Å². The Morgan fingerprint density at radius 3 is 2.18 bits per heavy atom. The van der Waals surface area contributed by atoms with Crippen LogP contribution in [-0.4, -0.2) is 35.3 Å². The summed E-state index contributed by atoms with van der Waals surface area (Å²) in [4.78, 5) is 26.7. The third kappa shape index (κ3) is 3.82. The van der Waals surface area contributed by atoms with Crippen LogP contribution in [0.4, 0.5) is 0 Å². The van der Waals surface area contributed by atoms with E-state index in [0.717, 1.165) is 25.7 Å². The zero-order valence-corrected chi connectivity index (χ0v) is 13.7. The maximum atomic E-state index is 12.5. The van der Waals surface area contributed by atoms with Crippen LogP contribution in [-0.2, 0) is 9.59 Å². The fourth-order valence-electron chi connectivity index (χ4n) is 4.40. The molecule has 0 radical (unpaired) electrons. The predicted octanol–water partition coefficient (Wildman–Crippen LogP) is 3.01. The molecule has 0 aromatic heterocycles. The van der Waals surface area contributed by atoms with Crippen molar-refractivity contribution in [1.29, 1.82) is 0 Å². The smallest absolute Gasteiger partial charge is 0.225 e. The molecule has 3 aliphatic rings. The van der Waals surface area contributed by atoms with E-state index >= 15 is 0 Å². The van der Waals surface area contributed by atoms with E-state index in [0.29, 0.717) is 25.0 Å². The molecule has 0 aromatic carbocycles. The number of hydrogen-bond donors (Lipinski definition) is 1. The summed E-state index contributed by atoms with van der Waals surface area (Å²) in [7, 11) is 0. The first-order chi connectivity index (χ1) is 10.7. The van der Waals surface area contributed by atoms with Gasteiger partial charge >= 0.3 is 0 Å². The van der Waals surface area contributed by atoms with Crippen molar-refractivity contribution in [3.8, 4) is 0 Å². The SMILES string of the molecule is O=C(NC1CCCCCCC1)[C@H]1CC(=O)N(C2CCCC2)C1. The summed E-state index contributed by atoms with van der Waals surface area (Å²) in [5.41, 5.74) is 0. The van der Waals surface area contributed by atoms with Gasteiger partial charge in [-0.3, -0.25) is 9.59 Å². The second-order valence-electron chi connectivity index (χ2n) is 7.44. The number of nitrogens with zero attached hydrogens (tertiary/aromatic N) is 1. The van der Waals surface area contributed by atoms with E-state index in [4.69, 9.17) is 0 Å². The largest absolute Gasteiger partial charge is 0.353 e. The van der Waals surface area contributed by atoms with Gasteiger partial charge in [0.15, 0.2) is 0 Å². The quantitative estimate of drug-likeness (QED) is 0.871. The molecule has 124 valence electrons. The van der Waals surface area contributed by atoms with Gasteiger partial charge in [-0.05, 0) is 25.7 Å². The predicted molar refractivity (Wildman–Crippen MR) is 86.3 cm³/mol. The fourth-order valence-corrected chi connectivity index (χ4v) is 4.40. The number of hydrogen-bond acceptors (Lipinski definition) is 2. The second kappa shape index (κ2) is 7.47. The van der Waals surface area contributed by atoms with Crippen molar-refractivity contribution in [3.63, 3.8) is 0 Å². The van der Waals surface area contributed by atoms with Crippen molar-refractivity contribution in [3.05, 3.63) is 0 Å². The molecule has 0 unspecified atom stereocenters. The van der Waals surface area contributed by atoms with Crippen LogP contribution >= 0.6 is 0 Å². The molecule has 0 aromatic rings. The molecule has 2 saturated carbocycles. The van der Waals surface area contributed by atoms with Gasteiger partial charge in [0, 0.05) is 25.0 Å². The minimum Gasteiger partial charge on any atom is -0.353 e. The van der Waals surface area contributed by atoms with Crippen LogP contribution in [0, 0.1) is 5.92 Å². The minimum atomic E-state index is -0.112. The number of carbonyl (C=O) groups excluding carboxylic acids is 2. The third-order valence-electron chi connectivity index (χ3n) is 5.75. The van der Waals surface area contributed by atoms with Gasteiger partial charge in [0.2, 0.25) is 11.8 Å². The first-order valence-corrected chi connectivity index (χ1v) is 9.34. The van der Waals surface area contributed by atoms with Crippen molar-refractivity contribution in [1.82, 2.24) is 10.2 Å². The molecule has 22 heavy (non-hydrogen) atoms. The summed E-state index contributed by atoms with van der Waals surface area (Å²) in [6.45, 7) is 0.655. The maximum absolute atomic E-state index is 12.5. The van der Waals surface area contributed by atoms with Crippen LogP contribution < -0.4 is 5.32 Å². The first kappa shape index (κ1) is 15.8. The molecule has 4 heteroatoms. The fraction of sp³-hybridized carbons (Fsp3) is 0.889. The van der Waals surface area contributed by atoms with Crippen LogP contribution in [0.1, 0.15) is 77.0 Å². The summed E-state index contributed by atoms with van der Waals surface area (Å²) in [5.74, 6) is 0.211. The Bertz CT molecular complexity index is 396. The van der Waals surface area contributed by atoms with Crippen LogP contribution in [0.15, 0.2) is 0 Å². The molecule has 2 amide bonds. The van der Waals surface area contributed by atoms with Gasteiger partial charge in [0.25, 0.3) is 0 Å². The van der Waals surface area contributed by atoms with Gasteiger partial charge in [-0.1, -0.05) is 44.9 Å². The Labute approximate surface area is 134 Å². The van der Waals surface area contributed by atoms with E-state index in [1.807, 2.05) is 4.90 Å². The molecular weight excluding hydrogens is 276 g/mol. The van der Waals surface area contributed by atoms with Crippen LogP contribution in [0.25, 0.3) is 0 Å². The van der Waals surface area contributed by atoms with Crippen molar-refractivity contribution in [2.24, 2.45) is 5.92 Å². The molecule has 1 saturated heterocycles. The van der Waals surface area contributed by atoms with Gasteiger partial charge in [-0.25, -0.2) is 0 Å². The third-order valence-corrected chi connectivity index (χ3v) is 5.75. The van der Waals surface area contributed by atoms with Crippen LogP contribution in [0.3, 0.4) is 0 Å². The van der Waals surface area contributed by atoms with Gasteiger partial charge in [0.1, 0.15) is 0 Å². The molecule has 4 nitrogen and oxygen atoms in total. The van der Waals surface area contributed by atoms with E-state index in [1.165, 1.54) is 44.9 Å². The highest BCUT2D eigenvalue weighted by molar-refractivity contribution is 5.89. The summed E-state index contributed by atoms with van der Waals surface area (Å²) in [6.07, 6.45) is 13.7. The lowest BCUT2D eigenvalue weighted by Crippen LogP contribution is -2.41. The lowest BCUT2D eigenvalue weighted by Gasteiger charge is -2.25. The molecule has 1 atom stereocenters. The average molecular weight is 306 g/mol. The van der Waals surface area contributed by atoms with Crippen molar-refractivity contribution < 1.29 is 9.59 Å². The van der Waals surface area contributed by atoms with Crippen molar-refractivity contribution in [2.75, 3.05) is 6.54 Å². The molecule has 3 rings (SSSR count). The highest BCUT2D eigenvalue weighted by atomic mass is 16.2. The second-order valence-corrected chi connectivity index (χ2v) is 7.44. The Hall–Kier alpha value is -1.06. The molecule has 1 aliphatic heterocycles. The maximum Gasteiger partial charge on any atom is 0.225 e. The highest BCUT2D eigenvalue weighted by Crippen LogP contribution is 2.29. The lowest BCUT2D eigenvalue weighted by molar-refractivity contribution is -0.130. The van der Waals surface area contributed by atoms with Crippen LogP contribution in [0.5, 0.6) is 0 Å². The number of likely N-dealkylation sites (tertiary alicyclic amines) is 1. The average Bonchev–Trinajstić information content (AvgIpc) is 3.10. The standard InChI is InChI=1S/C18H30N2O2/c21-17-12-14(13-20(17)16-10-6-7-11-16)18(22)19-15-8-4-2-1-3-5-9-15/h14-16H,1-13H2,(H,19,22)/t14-/m0/s1. The Morgan fingerprint density at radius 1 is 0.909 bits per heavy atom. The molecule has 1 heterocycles. The lowest BCUT2D eigenvalue weighted by atomic mass is 9.96. The number of nitrogens with one attached hydrogen (secondary N) is 1. The monoisotopic (exact) mass is 306 g/mol.